The molecular weight excluding hydrogens is 252 g/mol. The van der Waals surface area contributed by atoms with Crippen LogP contribution in [0.2, 0.25) is 0 Å². The highest BCUT2D eigenvalue weighted by atomic mass is 16.5. The van der Waals surface area contributed by atoms with E-state index in [1.165, 1.54) is 5.56 Å². The van der Waals surface area contributed by atoms with E-state index < -0.39 is 0 Å². The molecule has 0 aliphatic carbocycles. The Morgan fingerprint density at radius 2 is 2.10 bits per heavy atom. The quantitative estimate of drug-likeness (QED) is 0.875. The Balaban J connectivity index is 1.97. The molecule has 108 valence electrons. The first-order valence-corrected chi connectivity index (χ1v) is 6.86. The molecule has 20 heavy (non-hydrogen) atoms. The average Bonchev–Trinajstić information content (AvgIpc) is 2.78. The van der Waals surface area contributed by atoms with Gasteiger partial charge in [0.25, 0.3) is 0 Å². The fourth-order valence-corrected chi connectivity index (χ4v) is 2.27. The highest BCUT2D eigenvalue weighted by Gasteiger charge is 2.06. The third-order valence-corrected chi connectivity index (χ3v) is 3.16. The molecule has 0 saturated heterocycles. The second kappa shape index (κ2) is 6.52. The molecular formula is C15H22N4O. The maximum absolute atomic E-state index is 5.26. The van der Waals surface area contributed by atoms with E-state index in [2.05, 4.69) is 28.5 Å². The molecule has 0 bridgehead atoms. The van der Waals surface area contributed by atoms with Crippen molar-refractivity contribution < 1.29 is 4.74 Å². The smallest absolute Gasteiger partial charge is 0.122 e. The lowest BCUT2D eigenvalue weighted by Crippen LogP contribution is -2.14. The van der Waals surface area contributed by atoms with Gasteiger partial charge in [-0.15, -0.1) is 0 Å². The number of methoxy groups -OCH3 is 1. The van der Waals surface area contributed by atoms with Gasteiger partial charge in [0.05, 0.1) is 18.5 Å². The lowest BCUT2D eigenvalue weighted by Gasteiger charge is -2.07. The van der Waals surface area contributed by atoms with Crippen LogP contribution in [0.25, 0.3) is 0 Å². The topological polar surface area (TPSA) is 52.0 Å². The van der Waals surface area contributed by atoms with Crippen LogP contribution in [0, 0.1) is 6.92 Å². The number of ether oxygens (including phenoxy) is 1. The van der Waals surface area contributed by atoms with Crippen LogP contribution in [0.1, 0.15) is 29.6 Å². The van der Waals surface area contributed by atoms with Crippen molar-refractivity contribution in [3.8, 4) is 5.75 Å². The maximum atomic E-state index is 5.26. The molecule has 0 radical (unpaired) electrons. The Labute approximate surface area is 120 Å². The first-order chi connectivity index (χ1) is 9.62. The summed E-state index contributed by atoms with van der Waals surface area (Å²) in [5.41, 5.74) is 4.35. The number of aryl methyl sites for hydroxylation is 3. The molecule has 2 aromatic heterocycles. The van der Waals surface area contributed by atoms with Crippen molar-refractivity contribution in [3.05, 3.63) is 41.0 Å². The standard InChI is InChI=1S/C15H22N4O/c1-5-15-12(10-19(3)18-15)8-16-9-13-7-14(20-4)6-11(2)17-13/h6-7,10,16H,5,8-9H2,1-4H3. The van der Waals surface area contributed by atoms with E-state index in [9.17, 15) is 0 Å². The van der Waals surface area contributed by atoms with Crippen LogP contribution in [0.5, 0.6) is 5.75 Å². The lowest BCUT2D eigenvalue weighted by atomic mass is 10.2. The lowest BCUT2D eigenvalue weighted by molar-refractivity contribution is 0.412. The third-order valence-electron chi connectivity index (χ3n) is 3.16. The summed E-state index contributed by atoms with van der Waals surface area (Å²) in [5.74, 6) is 0.852. The summed E-state index contributed by atoms with van der Waals surface area (Å²) in [5, 5.41) is 7.85. The van der Waals surface area contributed by atoms with E-state index in [1.54, 1.807) is 7.11 Å². The fraction of sp³-hybridized carbons (Fsp3) is 0.467. The number of aromatic nitrogens is 3. The molecule has 0 unspecified atom stereocenters. The van der Waals surface area contributed by atoms with Crippen molar-refractivity contribution in [2.24, 2.45) is 7.05 Å². The molecule has 0 fully saturated rings. The van der Waals surface area contributed by atoms with E-state index in [0.717, 1.165) is 42.3 Å². The minimum Gasteiger partial charge on any atom is -0.497 e. The SMILES string of the molecule is CCc1nn(C)cc1CNCc1cc(OC)cc(C)n1. The minimum absolute atomic E-state index is 0.718. The second-order valence-corrected chi connectivity index (χ2v) is 4.87. The number of nitrogens with one attached hydrogen (secondary N) is 1. The van der Waals surface area contributed by atoms with Gasteiger partial charge in [-0.25, -0.2) is 0 Å². The van der Waals surface area contributed by atoms with Crippen LogP contribution >= 0.6 is 0 Å². The Morgan fingerprint density at radius 3 is 2.80 bits per heavy atom. The van der Waals surface area contributed by atoms with Crippen LogP contribution in [0.4, 0.5) is 0 Å². The van der Waals surface area contributed by atoms with Gasteiger partial charge in [-0.1, -0.05) is 6.92 Å². The molecule has 5 heteroatoms. The van der Waals surface area contributed by atoms with Gasteiger partial charge in [0.15, 0.2) is 0 Å². The first kappa shape index (κ1) is 14.5. The molecule has 5 nitrogen and oxygen atoms in total. The van der Waals surface area contributed by atoms with Crippen LogP contribution < -0.4 is 10.1 Å². The van der Waals surface area contributed by atoms with Crippen molar-refractivity contribution in [1.82, 2.24) is 20.1 Å². The molecule has 0 amide bonds. The van der Waals surface area contributed by atoms with Crippen molar-refractivity contribution in [2.75, 3.05) is 7.11 Å². The average molecular weight is 274 g/mol. The largest absolute Gasteiger partial charge is 0.497 e. The zero-order chi connectivity index (χ0) is 14.5. The number of nitrogens with zero attached hydrogens (tertiary/aromatic N) is 3. The fourth-order valence-electron chi connectivity index (χ4n) is 2.27. The van der Waals surface area contributed by atoms with Gasteiger partial charge in [-0.05, 0) is 13.3 Å². The zero-order valence-corrected chi connectivity index (χ0v) is 12.6. The van der Waals surface area contributed by atoms with E-state index >= 15 is 0 Å². The number of pyridine rings is 1. The molecule has 2 rings (SSSR count). The predicted octanol–water partition coefficient (Wildman–Crippen LogP) is 1.98. The second-order valence-electron chi connectivity index (χ2n) is 4.87. The molecule has 0 spiro atoms. The third kappa shape index (κ3) is 3.57. The summed E-state index contributed by atoms with van der Waals surface area (Å²) in [6, 6.07) is 3.89. The van der Waals surface area contributed by atoms with E-state index in [4.69, 9.17) is 4.74 Å². The molecule has 0 aliphatic heterocycles. The van der Waals surface area contributed by atoms with Crippen LogP contribution in [0.3, 0.4) is 0 Å². The Morgan fingerprint density at radius 1 is 1.30 bits per heavy atom. The maximum Gasteiger partial charge on any atom is 0.122 e. The normalized spacial score (nSPS) is 10.8. The minimum atomic E-state index is 0.718. The summed E-state index contributed by atoms with van der Waals surface area (Å²) in [7, 11) is 3.63. The predicted molar refractivity (Wildman–Crippen MR) is 78.7 cm³/mol. The van der Waals surface area contributed by atoms with Gasteiger partial charge in [0, 0.05) is 49.7 Å². The highest BCUT2D eigenvalue weighted by Crippen LogP contribution is 2.13. The summed E-state index contributed by atoms with van der Waals surface area (Å²) in [4.78, 5) is 4.50. The Bertz CT molecular complexity index is 577. The van der Waals surface area contributed by atoms with Crippen LogP contribution in [0.15, 0.2) is 18.3 Å². The zero-order valence-electron chi connectivity index (χ0n) is 12.6. The van der Waals surface area contributed by atoms with Gasteiger partial charge in [-0.3, -0.25) is 9.67 Å². The van der Waals surface area contributed by atoms with Gasteiger partial charge in [-0.2, -0.15) is 5.10 Å². The molecule has 2 heterocycles. The van der Waals surface area contributed by atoms with Gasteiger partial charge < -0.3 is 10.1 Å². The Hall–Kier alpha value is -1.88. The monoisotopic (exact) mass is 274 g/mol. The summed E-state index contributed by atoms with van der Waals surface area (Å²) < 4.78 is 7.12. The van der Waals surface area contributed by atoms with Crippen LogP contribution in [-0.2, 0) is 26.6 Å². The molecule has 2 aromatic rings. The summed E-state index contributed by atoms with van der Waals surface area (Å²) >= 11 is 0. The molecule has 0 aromatic carbocycles. The first-order valence-electron chi connectivity index (χ1n) is 6.86. The van der Waals surface area contributed by atoms with E-state index in [-0.39, 0.29) is 0 Å². The molecule has 0 saturated carbocycles. The highest BCUT2D eigenvalue weighted by molar-refractivity contribution is 5.26. The van der Waals surface area contributed by atoms with Crippen molar-refractivity contribution in [3.63, 3.8) is 0 Å². The van der Waals surface area contributed by atoms with Gasteiger partial charge in [0.2, 0.25) is 0 Å². The van der Waals surface area contributed by atoms with Crippen molar-refractivity contribution in [2.45, 2.75) is 33.4 Å². The number of rotatable bonds is 6. The summed E-state index contributed by atoms with van der Waals surface area (Å²) in [6.45, 7) is 5.62. The number of hydrogen-bond acceptors (Lipinski definition) is 4. The van der Waals surface area contributed by atoms with Crippen molar-refractivity contribution >= 4 is 0 Å². The summed E-state index contributed by atoms with van der Waals surface area (Å²) in [6.07, 6.45) is 3.02. The number of hydrogen-bond donors (Lipinski definition) is 1. The van der Waals surface area contributed by atoms with Crippen molar-refractivity contribution in [1.29, 1.82) is 0 Å². The van der Waals surface area contributed by atoms with E-state index in [0.29, 0.717) is 0 Å². The van der Waals surface area contributed by atoms with E-state index in [1.807, 2.05) is 30.8 Å². The molecule has 0 aliphatic rings. The van der Waals surface area contributed by atoms with Crippen LogP contribution in [-0.4, -0.2) is 21.9 Å². The Kier molecular flexibility index (Phi) is 4.74. The molecule has 0 atom stereocenters. The van der Waals surface area contributed by atoms with Gasteiger partial charge >= 0.3 is 0 Å². The van der Waals surface area contributed by atoms with Gasteiger partial charge in [0.1, 0.15) is 5.75 Å². The molecule has 1 N–H and O–H groups in total.